The maximum atomic E-state index is 13.5. The van der Waals surface area contributed by atoms with E-state index >= 15 is 0 Å². The second-order valence-corrected chi connectivity index (χ2v) is 12.8. The van der Waals surface area contributed by atoms with Crippen LogP contribution in [0.3, 0.4) is 0 Å². The quantitative estimate of drug-likeness (QED) is 0.148. The van der Waals surface area contributed by atoms with Crippen LogP contribution < -0.4 is 10.9 Å². The zero-order valence-electron chi connectivity index (χ0n) is 28.4. The molecule has 4 aromatic carbocycles. The zero-order chi connectivity index (χ0) is 35.4. The highest BCUT2D eigenvalue weighted by molar-refractivity contribution is 5.91. The number of amides is 1. The van der Waals surface area contributed by atoms with E-state index in [9.17, 15) is 14.7 Å². The number of aliphatic hydroxyl groups excluding tert-OH is 1. The number of fused-ring (bicyclic) bond motifs is 1. The normalized spacial score (nSPS) is 16.5. The number of hydrogen-bond acceptors (Lipinski definition) is 7. The van der Waals surface area contributed by atoms with Crippen molar-refractivity contribution in [1.82, 2.24) is 24.4 Å². The zero-order valence-corrected chi connectivity index (χ0v) is 28.4. The summed E-state index contributed by atoms with van der Waals surface area (Å²) >= 11 is 0. The van der Waals surface area contributed by atoms with Crippen molar-refractivity contribution in [1.29, 1.82) is 0 Å². The van der Waals surface area contributed by atoms with Crippen molar-refractivity contribution in [2.75, 3.05) is 25.0 Å². The smallest absolute Gasteiger partial charge is 0.280 e. The van der Waals surface area contributed by atoms with Crippen molar-refractivity contribution in [3.05, 3.63) is 160 Å². The molecule has 1 amide bonds. The van der Waals surface area contributed by atoms with Gasteiger partial charge in [0.05, 0.1) is 18.2 Å². The van der Waals surface area contributed by atoms with Gasteiger partial charge in [-0.2, -0.15) is 4.98 Å². The monoisotopic (exact) mass is 678 g/mol. The van der Waals surface area contributed by atoms with E-state index in [-0.39, 0.29) is 41.4 Å². The first kappa shape index (κ1) is 33.6. The number of imidazole rings is 1. The molecule has 1 aliphatic heterocycles. The highest BCUT2D eigenvalue weighted by atomic mass is 16.5. The molecule has 2 atom stereocenters. The van der Waals surface area contributed by atoms with Gasteiger partial charge in [-0.1, -0.05) is 129 Å². The fraction of sp³-hybridized carbons (Fsp3) is 0.220. The minimum atomic E-state index is -0.813. The molecule has 10 nitrogen and oxygen atoms in total. The molecule has 0 spiro atoms. The van der Waals surface area contributed by atoms with Crippen LogP contribution in [0.5, 0.6) is 0 Å². The van der Waals surface area contributed by atoms with Crippen LogP contribution >= 0.6 is 0 Å². The Balaban J connectivity index is 1.45. The predicted octanol–water partition coefficient (Wildman–Crippen LogP) is 5.30. The first-order valence-corrected chi connectivity index (χ1v) is 17.0. The number of hydrogen-bond donors (Lipinski definition) is 3. The first-order chi connectivity index (χ1) is 24.9. The van der Waals surface area contributed by atoms with Gasteiger partial charge in [-0.05, 0) is 34.7 Å². The Bertz CT molecular complexity index is 2150. The van der Waals surface area contributed by atoms with Gasteiger partial charge >= 0.3 is 0 Å². The lowest BCUT2D eigenvalue weighted by Gasteiger charge is -2.50. The van der Waals surface area contributed by atoms with Crippen LogP contribution in [0, 0.1) is 17.8 Å². The second-order valence-electron chi connectivity index (χ2n) is 12.8. The number of aromatic nitrogens is 4. The van der Waals surface area contributed by atoms with E-state index in [4.69, 9.17) is 9.72 Å². The number of H-pyrrole nitrogens is 1. The molecule has 0 aliphatic carbocycles. The van der Waals surface area contributed by atoms with Crippen molar-refractivity contribution >= 4 is 23.0 Å². The lowest BCUT2D eigenvalue weighted by atomic mass is 9.75. The second kappa shape index (κ2) is 14.5. The van der Waals surface area contributed by atoms with Crippen molar-refractivity contribution in [3.8, 4) is 11.8 Å². The number of carbonyl (C=O) groups is 1. The van der Waals surface area contributed by atoms with Crippen LogP contribution in [0.1, 0.15) is 48.2 Å². The minimum Gasteiger partial charge on any atom is -0.394 e. The van der Waals surface area contributed by atoms with Crippen LogP contribution in [0.15, 0.2) is 126 Å². The maximum absolute atomic E-state index is 13.5. The number of rotatable bonds is 8. The Labute approximate surface area is 295 Å². The molecule has 10 heteroatoms. The molecule has 3 heterocycles. The van der Waals surface area contributed by atoms with E-state index in [2.05, 4.69) is 68.4 Å². The number of aromatic amines is 1. The molecule has 0 unspecified atom stereocenters. The van der Waals surface area contributed by atoms with Crippen LogP contribution in [0.2, 0.25) is 0 Å². The Morgan fingerprint density at radius 3 is 1.94 bits per heavy atom. The third-order valence-corrected chi connectivity index (χ3v) is 9.10. The van der Waals surface area contributed by atoms with E-state index < -0.39 is 23.4 Å². The number of morpholine rings is 1. The summed E-state index contributed by atoms with van der Waals surface area (Å²) in [6, 6.07) is 40.4. The summed E-state index contributed by atoms with van der Waals surface area (Å²) in [7, 11) is 0. The van der Waals surface area contributed by atoms with E-state index in [0.717, 1.165) is 22.3 Å². The lowest BCUT2D eigenvalue weighted by Crippen LogP contribution is -2.57. The Hall–Kier alpha value is -5.86. The topological polar surface area (TPSA) is 125 Å². The molecule has 0 radical (unpaired) electrons. The SMILES string of the molecule is CC(C)C(=O)Nc1nc2c(nc(C#Cc3ccccc3)n2[C@H]2CN(C(c3ccccc3)(c3ccccc3)c3ccccc3)C[C@@H](CO)O2)c(=O)[nH]1. The number of nitrogens with one attached hydrogen (secondary N) is 2. The molecule has 2 aromatic heterocycles. The molecule has 6 aromatic rings. The summed E-state index contributed by atoms with van der Waals surface area (Å²) in [6.45, 7) is 3.93. The van der Waals surface area contributed by atoms with Crippen LogP contribution in [0.25, 0.3) is 11.2 Å². The van der Waals surface area contributed by atoms with Crippen LogP contribution in [0.4, 0.5) is 5.95 Å². The number of benzene rings is 4. The summed E-state index contributed by atoms with van der Waals surface area (Å²) in [6.07, 6.45) is -1.44. The average Bonchev–Trinajstić information content (AvgIpc) is 3.55. The van der Waals surface area contributed by atoms with E-state index in [1.807, 2.05) is 84.9 Å². The summed E-state index contributed by atoms with van der Waals surface area (Å²) in [5.74, 6) is 5.94. The molecule has 0 bridgehead atoms. The van der Waals surface area contributed by atoms with Gasteiger partial charge in [0, 0.05) is 24.6 Å². The van der Waals surface area contributed by atoms with E-state index in [1.54, 1.807) is 18.4 Å². The fourth-order valence-electron chi connectivity index (χ4n) is 6.73. The average molecular weight is 679 g/mol. The molecule has 1 fully saturated rings. The van der Waals surface area contributed by atoms with Gasteiger partial charge in [-0.3, -0.25) is 29.4 Å². The van der Waals surface area contributed by atoms with Gasteiger partial charge in [0.25, 0.3) is 5.56 Å². The molecule has 7 rings (SSSR count). The van der Waals surface area contributed by atoms with Gasteiger partial charge in [0.2, 0.25) is 11.9 Å². The summed E-state index contributed by atoms with van der Waals surface area (Å²) < 4.78 is 8.35. The molecule has 0 saturated carbocycles. The van der Waals surface area contributed by atoms with E-state index in [1.165, 1.54) is 0 Å². The van der Waals surface area contributed by atoms with Gasteiger partial charge in [-0.25, -0.2) is 4.98 Å². The van der Waals surface area contributed by atoms with Crippen molar-refractivity contribution in [2.45, 2.75) is 31.7 Å². The summed E-state index contributed by atoms with van der Waals surface area (Å²) in [5.41, 5.74) is 2.78. The van der Waals surface area contributed by atoms with Crippen molar-refractivity contribution < 1.29 is 14.6 Å². The Morgan fingerprint density at radius 1 is 0.863 bits per heavy atom. The molecule has 51 heavy (non-hydrogen) atoms. The standard InChI is InChI=1S/C41H38N6O4/c1-28(2)38(49)44-40-43-37-36(39(50)45-40)42-34(24-23-29-15-7-3-8-16-29)47(37)35-26-46(25-33(27-48)51-35)41(30-17-9-4-10-18-30,31-19-11-5-12-20-31)32-21-13-6-14-22-32/h3-22,28,33,35,48H,25-27H2,1-2H3,(H2,43,44,45,49,50)/t33-,35+/m0/s1. The number of ether oxygens (including phenoxy) is 1. The molecule has 256 valence electrons. The largest absolute Gasteiger partial charge is 0.394 e. The van der Waals surface area contributed by atoms with Gasteiger partial charge in [0.1, 0.15) is 0 Å². The Kier molecular flexibility index (Phi) is 9.59. The van der Waals surface area contributed by atoms with Crippen molar-refractivity contribution in [2.24, 2.45) is 5.92 Å². The molecule has 1 saturated heterocycles. The van der Waals surface area contributed by atoms with Gasteiger partial charge < -0.3 is 9.84 Å². The molecule has 3 N–H and O–H groups in total. The number of aliphatic hydroxyl groups is 1. The molecular weight excluding hydrogens is 640 g/mol. The minimum absolute atomic E-state index is 0.00602. The fourth-order valence-corrected chi connectivity index (χ4v) is 6.73. The maximum Gasteiger partial charge on any atom is 0.280 e. The highest BCUT2D eigenvalue weighted by Gasteiger charge is 2.46. The Morgan fingerprint density at radius 2 is 1.41 bits per heavy atom. The summed E-state index contributed by atoms with van der Waals surface area (Å²) in [4.78, 5) is 40.5. The number of nitrogens with zero attached hydrogens (tertiary/aromatic N) is 4. The number of anilines is 1. The molecule has 1 aliphatic rings. The van der Waals surface area contributed by atoms with Gasteiger partial charge in [-0.15, -0.1) is 0 Å². The third-order valence-electron chi connectivity index (χ3n) is 9.10. The number of carbonyl (C=O) groups excluding carboxylic acids is 1. The van der Waals surface area contributed by atoms with Crippen LogP contribution in [-0.4, -0.2) is 61.2 Å². The predicted molar refractivity (Wildman–Crippen MR) is 196 cm³/mol. The van der Waals surface area contributed by atoms with Crippen molar-refractivity contribution in [3.63, 3.8) is 0 Å². The first-order valence-electron chi connectivity index (χ1n) is 17.0. The lowest BCUT2D eigenvalue weighted by molar-refractivity contribution is -0.148. The molecular formula is C41H38N6O4. The van der Waals surface area contributed by atoms with Crippen LogP contribution in [-0.2, 0) is 15.1 Å². The highest BCUT2D eigenvalue weighted by Crippen LogP contribution is 2.45. The third kappa shape index (κ3) is 6.58. The summed E-state index contributed by atoms with van der Waals surface area (Å²) in [5, 5.41) is 13.5. The van der Waals surface area contributed by atoms with Gasteiger partial charge in [0.15, 0.2) is 23.2 Å². The van der Waals surface area contributed by atoms with E-state index in [0.29, 0.717) is 13.1 Å².